The van der Waals surface area contributed by atoms with E-state index in [9.17, 15) is 0 Å². The van der Waals surface area contributed by atoms with Gasteiger partial charge in [0.2, 0.25) is 0 Å². The minimum Gasteiger partial charge on any atom is -0.404 e. The van der Waals surface area contributed by atoms with Gasteiger partial charge in [0.15, 0.2) is 0 Å². The van der Waals surface area contributed by atoms with Gasteiger partial charge in [-0.1, -0.05) is 0 Å². The summed E-state index contributed by atoms with van der Waals surface area (Å²) in [5, 5.41) is 6.51. The van der Waals surface area contributed by atoms with Crippen molar-refractivity contribution in [3.8, 4) is 0 Å². The topological polar surface area (TPSA) is 75.9 Å². The third-order valence-corrected chi connectivity index (χ3v) is 0.276. The highest BCUT2D eigenvalue weighted by molar-refractivity contribution is 5.88. The predicted molar refractivity (Wildman–Crippen MR) is 25.2 cm³/mol. The molecule has 0 heterocycles. The van der Waals surface area contributed by atoms with Crippen molar-refractivity contribution in [2.45, 2.75) is 0 Å². The summed E-state index contributed by atoms with van der Waals surface area (Å²) in [4.78, 5) is 0. The van der Waals surface area contributed by atoms with Crippen LogP contribution in [0.15, 0.2) is 12.3 Å². The maximum atomic E-state index is 6.51. The molecule has 0 bridgehead atoms. The first-order valence-corrected chi connectivity index (χ1v) is 1.49. The van der Waals surface area contributed by atoms with Crippen LogP contribution in [0, 0.1) is 5.41 Å². The molecule has 0 saturated carbocycles. The highest BCUT2D eigenvalue weighted by Crippen LogP contribution is 1.56. The molecule has 0 fully saturated rings. The molecule has 0 saturated heterocycles. The molecule has 34 valence electrons. The van der Waals surface area contributed by atoms with Crippen LogP contribution in [0.25, 0.3) is 0 Å². The number of amidine groups is 1. The summed E-state index contributed by atoms with van der Waals surface area (Å²) in [7, 11) is 0. The van der Waals surface area contributed by atoms with Gasteiger partial charge in [-0.05, 0) is 12.3 Å². The average Bonchev–Trinajstić information content (AvgIpc) is 1.35. The molecular weight excluding hydrogens is 78.1 g/mol. The van der Waals surface area contributed by atoms with Crippen molar-refractivity contribution >= 4 is 5.84 Å². The number of hydrogen-bond donors (Lipinski definition) is 3. The van der Waals surface area contributed by atoms with Crippen molar-refractivity contribution in [2.75, 3.05) is 0 Å². The lowest BCUT2D eigenvalue weighted by atomic mass is 10.6. The Bertz CT molecular complexity index is 74.1. The quantitative estimate of drug-likeness (QED) is 0.293. The second-order valence-electron chi connectivity index (χ2n) is 0.814. The highest BCUT2D eigenvalue weighted by atomic mass is 14.7. The summed E-state index contributed by atoms with van der Waals surface area (Å²) in [5.41, 5.74) is 9.65. The van der Waals surface area contributed by atoms with Gasteiger partial charge < -0.3 is 11.5 Å². The Labute approximate surface area is 36.1 Å². The Morgan fingerprint density at radius 2 is 2.17 bits per heavy atom. The number of nitrogens with two attached hydrogens (primary N) is 2. The minimum absolute atomic E-state index is 0.0162. The smallest absolute Gasteiger partial charge is 0.116 e. The van der Waals surface area contributed by atoms with Gasteiger partial charge in [-0.15, -0.1) is 0 Å². The van der Waals surface area contributed by atoms with E-state index >= 15 is 0 Å². The van der Waals surface area contributed by atoms with Crippen LogP contribution in [-0.4, -0.2) is 5.84 Å². The highest BCUT2D eigenvalue weighted by Gasteiger charge is 1.67. The third kappa shape index (κ3) is 3.01. The molecule has 3 heteroatoms. The van der Waals surface area contributed by atoms with Crippen LogP contribution in [0.4, 0.5) is 0 Å². The van der Waals surface area contributed by atoms with E-state index in [1.807, 2.05) is 0 Å². The molecule has 3 nitrogen and oxygen atoms in total. The number of hydrogen-bond acceptors (Lipinski definition) is 2. The van der Waals surface area contributed by atoms with Crippen LogP contribution >= 0.6 is 0 Å². The Balaban J connectivity index is 3.30. The van der Waals surface area contributed by atoms with Gasteiger partial charge in [0.25, 0.3) is 0 Å². The van der Waals surface area contributed by atoms with Gasteiger partial charge in [-0.3, -0.25) is 5.41 Å². The van der Waals surface area contributed by atoms with E-state index in [0.29, 0.717) is 0 Å². The lowest BCUT2D eigenvalue weighted by molar-refractivity contribution is 1.45. The summed E-state index contributed by atoms with van der Waals surface area (Å²) < 4.78 is 0. The Hall–Kier alpha value is -0.990. The molecule has 0 spiro atoms. The number of rotatable bonds is 1. The Morgan fingerprint density at radius 3 is 2.17 bits per heavy atom. The maximum absolute atomic E-state index is 6.51. The van der Waals surface area contributed by atoms with Crippen LogP contribution in [0.1, 0.15) is 0 Å². The van der Waals surface area contributed by atoms with E-state index < -0.39 is 0 Å². The summed E-state index contributed by atoms with van der Waals surface area (Å²) in [6.45, 7) is 0. The molecule has 0 aliphatic heterocycles. The standard InChI is InChI=1S/C3H7N3/c4-2-1-3(5)6/h1-2H,4H2,(H3,5,6). The van der Waals surface area contributed by atoms with E-state index in [0.717, 1.165) is 0 Å². The summed E-state index contributed by atoms with van der Waals surface area (Å²) in [6.07, 6.45) is 2.53. The molecule has 5 N–H and O–H groups in total. The molecule has 0 unspecified atom stereocenters. The zero-order chi connectivity index (χ0) is 4.99. The lowest BCUT2D eigenvalue weighted by Gasteiger charge is -1.75. The average molecular weight is 85.1 g/mol. The minimum atomic E-state index is -0.0162. The van der Waals surface area contributed by atoms with Crippen LogP contribution in [0.5, 0.6) is 0 Å². The molecular formula is C3H7N3. The molecule has 6 heavy (non-hydrogen) atoms. The van der Waals surface area contributed by atoms with E-state index in [1.165, 1.54) is 12.3 Å². The van der Waals surface area contributed by atoms with Gasteiger partial charge in [0, 0.05) is 0 Å². The molecule has 0 radical (unpaired) electrons. The molecule has 0 aromatic rings. The van der Waals surface area contributed by atoms with Gasteiger partial charge in [0.05, 0.1) is 0 Å². The molecule has 0 aliphatic rings. The fraction of sp³-hybridized carbons (Fsp3) is 0. The van der Waals surface area contributed by atoms with Crippen molar-refractivity contribution in [1.82, 2.24) is 0 Å². The van der Waals surface area contributed by atoms with E-state index in [1.54, 1.807) is 0 Å². The van der Waals surface area contributed by atoms with Crippen molar-refractivity contribution in [3.63, 3.8) is 0 Å². The molecule has 0 atom stereocenters. The molecule has 0 aromatic carbocycles. The summed E-state index contributed by atoms with van der Waals surface area (Å²) >= 11 is 0. The van der Waals surface area contributed by atoms with Crippen molar-refractivity contribution in [2.24, 2.45) is 11.5 Å². The zero-order valence-electron chi connectivity index (χ0n) is 3.31. The van der Waals surface area contributed by atoms with E-state index in [-0.39, 0.29) is 5.84 Å². The van der Waals surface area contributed by atoms with Crippen molar-refractivity contribution in [1.29, 1.82) is 5.41 Å². The van der Waals surface area contributed by atoms with Crippen LogP contribution in [-0.2, 0) is 0 Å². The van der Waals surface area contributed by atoms with Gasteiger partial charge >= 0.3 is 0 Å². The molecule has 0 aromatic heterocycles. The largest absolute Gasteiger partial charge is 0.404 e. The second kappa shape index (κ2) is 2.26. The molecule has 0 aliphatic carbocycles. The maximum Gasteiger partial charge on any atom is 0.116 e. The zero-order valence-corrected chi connectivity index (χ0v) is 3.31. The fourth-order valence-corrected chi connectivity index (χ4v) is 0.104. The summed E-state index contributed by atoms with van der Waals surface area (Å²) in [5.74, 6) is -0.0162. The first kappa shape index (κ1) is 5.01. The van der Waals surface area contributed by atoms with Crippen LogP contribution < -0.4 is 11.5 Å². The van der Waals surface area contributed by atoms with Crippen molar-refractivity contribution in [3.05, 3.63) is 12.3 Å². The monoisotopic (exact) mass is 85.1 g/mol. The second-order valence-corrected chi connectivity index (χ2v) is 0.814. The Kier molecular flexibility index (Phi) is 1.89. The SMILES string of the molecule is N=C(N)C=CN. The summed E-state index contributed by atoms with van der Waals surface area (Å²) in [6, 6.07) is 0. The molecule has 0 amide bonds. The van der Waals surface area contributed by atoms with E-state index in [4.69, 9.17) is 16.9 Å². The first-order valence-electron chi connectivity index (χ1n) is 1.49. The van der Waals surface area contributed by atoms with Gasteiger partial charge in [-0.2, -0.15) is 0 Å². The molecule has 0 rings (SSSR count). The normalized spacial score (nSPS) is 9.33. The van der Waals surface area contributed by atoms with Crippen LogP contribution in [0.3, 0.4) is 0 Å². The van der Waals surface area contributed by atoms with Gasteiger partial charge in [-0.25, -0.2) is 0 Å². The van der Waals surface area contributed by atoms with Gasteiger partial charge in [0.1, 0.15) is 5.84 Å². The van der Waals surface area contributed by atoms with Crippen molar-refractivity contribution < 1.29 is 0 Å². The number of nitrogens with one attached hydrogen (secondary N) is 1. The predicted octanol–water partition coefficient (Wildman–Crippen LogP) is -0.605. The lowest BCUT2D eigenvalue weighted by Crippen LogP contribution is -2.04. The first-order chi connectivity index (χ1) is 2.77. The Morgan fingerprint density at radius 1 is 1.67 bits per heavy atom. The van der Waals surface area contributed by atoms with Crippen LogP contribution in [0.2, 0.25) is 0 Å². The van der Waals surface area contributed by atoms with E-state index in [2.05, 4.69) is 0 Å². The fourth-order valence-electron chi connectivity index (χ4n) is 0.104. The third-order valence-electron chi connectivity index (χ3n) is 0.276.